The van der Waals surface area contributed by atoms with Crippen LogP contribution in [0, 0.1) is 0 Å². The molecule has 14 heavy (non-hydrogen) atoms. The Morgan fingerprint density at radius 2 is 2.36 bits per heavy atom. The van der Waals surface area contributed by atoms with Crippen LogP contribution in [-0.4, -0.2) is 34.8 Å². The smallest absolute Gasteiger partial charge is 0.225 e. The number of nitrogen functional groups attached to an aromatic ring is 1. The van der Waals surface area contributed by atoms with Crippen LogP contribution in [0.25, 0.3) is 0 Å². The maximum atomic E-state index is 8.82. The molecule has 0 fully saturated rings. The van der Waals surface area contributed by atoms with Crippen molar-refractivity contribution in [1.82, 2.24) is 9.97 Å². The highest BCUT2D eigenvalue weighted by molar-refractivity contribution is 5.43. The fraction of sp³-hybridized carbons (Fsp3) is 0.500. The van der Waals surface area contributed by atoms with Crippen molar-refractivity contribution in [1.29, 1.82) is 0 Å². The van der Waals surface area contributed by atoms with Crippen molar-refractivity contribution in [3.05, 3.63) is 6.07 Å². The molecule has 78 valence electrons. The van der Waals surface area contributed by atoms with Crippen molar-refractivity contribution in [3.63, 3.8) is 0 Å². The zero-order valence-corrected chi connectivity index (χ0v) is 8.19. The van der Waals surface area contributed by atoms with Crippen molar-refractivity contribution in [2.45, 2.75) is 13.0 Å². The van der Waals surface area contributed by atoms with E-state index in [2.05, 4.69) is 15.3 Å². The van der Waals surface area contributed by atoms with E-state index in [1.54, 1.807) is 6.07 Å². The van der Waals surface area contributed by atoms with Crippen molar-refractivity contribution in [2.24, 2.45) is 0 Å². The van der Waals surface area contributed by atoms with Gasteiger partial charge in [-0.25, -0.2) is 0 Å². The summed E-state index contributed by atoms with van der Waals surface area (Å²) in [6.45, 7) is 1.84. The highest BCUT2D eigenvalue weighted by atomic mass is 16.5. The maximum Gasteiger partial charge on any atom is 0.225 e. The number of nitrogens with zero attached hydrogens (tertiary/aromatic N) is 2. The first-order chi connectivity index (χ1) is 6.65. The number of nitrogens with two attached hydrogens (primary N) is 1. The van der Waals surface area contributed by atoms with Crippen molar-refractivity contribution < 1.29 is 9.84 Å². The van der Waals surface area contributed by atoms with E-state index in [1.807, 2.05) is 6.92 Å². The minimum Gasteiger partial charge on any atom is -0.481 e. The summed E-state index contributed by atoms with van der Waals surface area (Å²) in [7, 11) is 1.50. The Hall–Kier alpha value is -1.56. The van der Waals surface area contributed by atoms with Crippen LogP contribution in [0.1, 0.15) is 6.92 Å². The lowest BCUT2D eigenvalue weighted by Crippen LogP contribution is -2.20. The van der Waals surface area contributed by atoms with Gasteiger partial charge in [0.2, 0.25) is 11.8 Å². The van der Waals surface area contributed by atoms with Crippen LogP contribution in [0.4, 0.5) is 11.8 Å². The van der Waals surface area contributed by atoms with E-state index in [0.717, 1.165) is 0 Å². The minimum absolute atomic E-state index is 0.0201. The molecule has 6 nitrogen and oxygen atoms in total. The van der Waals surface area contributed by atoms with Crippen LogP contribution in [0.3, 0.4) is 0 Å². The van der Waals surface area contributed by atoms with Crippen LogP contribution >= 0.6 is 0 Å². The number of rotatable bonds is 4. The second-order valence-corrected chi connectivity index (χ2v) is 2.88. The Balaban J connectivity index is 2.81. The molecule has 0 aromatic carbocycles. The Labute approximate surface area is 82.1 Å². The molecular formula is C8H14N4O2. The van der Waals surface area contributed by atoms with E-state index >= 15 is 0 Å². The zero-order chi connectivity index (χ0) is 10.6. The first kappa shape index (κ1) is 10.5. The third kappa shape index (κ3) is 2.74. The summed E-state index contributed by atoms with van der Waals surface area (Å²) in [5, 5.41) is 11.8. The summed E-state index contributed by atoms with van der Waals surface area (Å²) in [6.07, 6.45) is 0. The van der Waals surface area contributed by atoms with Gasteiger partial charge in [0.15, 0.2) is 0 Å². The summed E-state index contributed by atoms with van der Waals surface area (Å²) < 4.78 is 4.92. The van der Waals surface area contributed by atoms with Crippen molar-refractivity contribution >= 4 is 11.8 Å². The summed E-state index contributed by atoms with van der Waals surface area (Å²) in [5.74, 6) is 1.07. The predicted molar refractivity (Wildman–Crippen MR) is 53.2 cm³/mol. The molecule has 0 bridgehead atoms. The molecular weight excluding hydrogens is 184 g/mol. The van der Waals surface area contributed by atoms with Crippen LogP contribution in [0.15, 0.2) is 6.07 Å². The van der Waals surface area contributed by atoms with Crippen LogP contribution in [0.5, 0.6) is 5.88 Å². The average molecular weight is 198 g/mol. The van der Waals surface area contributed by atoms with Crippen LogP contribution < -0.4 is 15.8 Å². The third-order valence-corrected chi connectivity index (χ3v) is 1.60. The van der Waals surface area contributed by atoms with Crippen molar-refractivity contribution in [2.75, 3.05) is 24.8 Å². The van der Waals surface area contributed by atoms with Gasteiger partial charge in [0.25, 0.3) is 0 Å². The highest BCUT2D eigenvalue weighted by Crippen LogP contribution is 2.14. The summed E-state index contributed by atoms with van der Waals surface area (Å²) >= 11 is 0. The van der Waals surface area contributed by atoms with Gasteiger partial charge in [-0.3, -0.25) is 0 Å². The van der Waals surface area contributed by atoms with Gasteiger partial charge in [0, 0.05) is 12.1 Å². The number of hydrogen-bond acceptors (Lipinski definition) is 6. The van der Waals surface area contributed by atoms with Gasteiger partial charge in [-0.2, -0.15) is 9.97 Å². The molecule has 1 aromatic rings. The Morgan fingerprint density at radius 1 is 1.64 bits per heavy atom. The maximum absolute atomic E-state index is 8.82. The second-order valence-electron chi connectivity index (χ2n) is 2.88. The quantitative estimate of drug-likeness (QED) is 0.623. The lowest BCUT2D eigenvalue weighted by molar-refractivity contribution is 0.281. The van der Waals surface area contributed by atoms with Gasteiger partial charge in [-0.1, -0.05) is 0 Å². The number of ether oxygens (including phenoxy) is 1. The van der Waals surface area contributed by atoms with Gasteiger partial charge in [0.05, 0.1) is 13.7 Å². The third-order valence-electron chi connectivity index (χ3n) is 1.60. The van der Waals surface area contributed by atoms with E-state index in [4.69, 9.17) is 15.6 Å². The van der Waals surface area contributed by atoms with Gasteiger partial charge in [0.1, 0.15) is 5.82 Å². The SMILES string of the molecule is COc1cc(NC(C)CO)nc(N)n1. The predicted octanol–water partition coefficient (Wildman–Crippen LogP) is -0.140. The van der Waals surface area contributed by atoms with Crippen LogP contribution in [0.2, 0.25) is 0 Å². The molecule has 0 aliphatic rings. The lowest BCUT2D eigenvalue weighted by atomic mass is 10.3. The molecule has 1 unspecified atom stereocenters. The van der Waals surface area contributed by atoms with Gasteiger partial charge >= 0.3 is 0 Å². The highest BCUT2D eigenvalue weighted by Gasteiger charge is 2.04. The Bertz CT molecular complexity index is 305. The molecule has 0 radical (unpaired) electrons. The molecule has 1 rings (SSSR count). The molecule has 1 aromatic heterocycles. The summed E-state index contributed by atoms with van der Waals surface area (Å²) in [5.41, 5.74) is 5.45. The number of aliphatic hydroxyl groups is 1. The molecule has 1 atom stereocenters. The normalized spacial score (nSPS) is 12.2. The average Bonchev–Trinajstić information content (AvgIpc) is 2.16. The molecule has 4 N–H and O–H groups in total. The molecule has 0 spiro atoms. The minimum atomic E-state index is -0.0889. The fourth-order valence-corrected chi connectivity index (χ4v) is 0.919. The first-order valence-electron chi connectivity index (χ1n) is 4.21. The number of aromatic nitrogens is 2. The number of nitrogens with one attached hydrogen (secondary N) is 1. The van der Waals surface area contributed by atoms with E-state index in [-0.39, 0.29) is 18.6 Å². The number of aliphatic hydroxyl groups excluding tert-OH is 1. The number of anilines is 2. The number of methoxy groups -OCH3 is 1. The summed E-state index contributed by atoms with van der Waals surface area (Å²) in [6, 6.07) is 1.52. The van der Waals surface area contributed by atoms with E-state index < -0.39 is 0 Å². The van der Waals surface area contributed by atoms with Crippen molar-refractivity contribution in [3.8, 4) is 5.88 Å². The van der Waals surface area contributed by atoms with E-state index in [9.17, 15) is 0 Å². The topological polar surface area (TPSA) is 93.3 Å². The van der Waals surface area contributed by atoms with Crippen LogP contribution in [-0.2, 0) is 0 Å². The standard InChI is InChI=1S/C8H14N4O2/c1-5(4-13)10-6-3-7(14-2)12-8(9)11-6/h3,5,13H,4H2,1-2H3,(H3,9,10,11,12). The molecule has 0 amide bonds. The first-order valence-corrected chi connectivity index (χ1v) is 4.21. The van der Waals surface area contributed by atoms with Gasteiger partial charge < -0.3 is 20.9 Å². The molecule has 1 heterocycles. The molecule has 0 saturated heterocycles. The van der Waals surface area contributed by atoms with E-state index in [0.29, 0.717) is 11.7 Å². The molecule has 0 saturated carbocycles. The van der Waals surface area contributed by atoms with Gasteiger partial charge in [-0.15, -0.1) is 0 Å². The fourth-order valence-electron chi connectivity index (χ4n) is 0.919. The Kier molecular flexibility index (Phi) is 3.47. The van der Waals surface area contributed by atoms with Gasteiger partial charge in [-0.05, 0) is 6.92 Å². The molecule has 6 heteroatoms. The lowest BCUT2D eigenvalue weighted by Gasteiger charge is -2.12. The largest absolute Gasteiger partial charge is 0.481 e. The number of hydrogen-bond donors (Lipinski definition) is 3. The zero-order valence-electron chi connectivity index (χ0n) is 8.19. The monoisotopic (exact) mass is 198 g/mol. The Morgan fingerprint density at radius 3 is 2.93 bits per heavy atom. The molecule has 0 aliphatic carbocycles. The summed E-state index contributed by atoms with van der Waals surface area (Å²) in [4.78, 5) is 7.76. The van der Waals surface area contributed by atoms with E-state index in [1.165, 1.54) is 7.11 Å². The second kappa shape index (κ2) is 4.61. The molecule has 0 aliphatic heterocycles.